The minimum absolute atomic E-state index is 0.376. The van der Waals surface area contributed by atoms with Gasteiger partial charge in [0, 0.05) is 0 Å². The fourth-order valence-electron chi connectivity index (χ4n) is 11.3. The summed E-state index contributed by atoms with van der Waals surface area (Å²) in [5.41, 5.74) is 0.657. The number of rotatable bonds is 10. The minimum Gasteiger partial charge on any atom is -0.394 e. The van der Waals surface area contributed by atoms with E-state index in [2.05, 4.69) is 0 Å². The minimum atomic E-state index is -4.72. The van der Waals surface area contributed by atoms with Crippen molar-refractivity contribution in [1.29, 1.82) is 0 Å². The van der Waals surface area contributed by atoms with Gasteiger partial charge < -0.3 is 168 Å². The van der Waals surface area contributed by atoms with Gasteiger partial charge in [0.1, 0.15) is 171 Å². The van der Waals surface area contributed by atoms with Crippen molar-refractivity contribution >= 4 is 10.1 Å². The van der Waals surface area contributed by atoms with Crippen LogP contribution in [0.3, 0.4) is 0 Å². The largest absolute Gasteiger partial charge is 0.394 e. The third kappa shape index (κ3) is 14.0. The van der Waals surface area contributed by atoms with E-state index >= 15 is 0 Å². The lowest BCUT2D eigenvalue weighted by atomic mass is 9.95. The molecule has 0 spiro atoms. The van der Waals surface area contributed by atoms with E-state index in [1.807, 2.05) is 0 Å². The van der Waals surface area contributed by atoms with Crippen LogP contribution in [0.2, 0.25) is 0 Å². The van der Waals surface area contributed by atoms with Crippen LogP contribution in [0.5, 0.6) is 0 Å². The molecule has 1 aromatic carbocycles. The van der Waals surface area contributed by atoms with E-state index in [1.54, 1.807) is 6.92 Å². The summed E-state index contributed by atoms with van der Waals surface area (Å²) in [5.74, 6) is 0. The molecule has 21 aliphatic rings. The first kappa shape index (κ1) is 69.1. The summed E-state index contributed by atoms with van der Waals surface area (Å²) in [5, 5.41) is 223. The Labute approximate surface area is 492 Å². The van der Waals surface area contributed by atoms with E-state index < -0.39 is 271 Å². The third-order valence-electron chi connectivity index (χ3n) is 16.3. The maximum atomic E-state index is 13.5. The average molecular weight is 1290 g/mol. The van der Waals surface area contributed by atoms with E-state index in [0.29, 0.717) is 5.56 Å². The maximum absolute atomic E-state index is 13.5. The van der Waals surface area contributed by atoms with Crippen molar-refractivity contribution in [2.24, 2.45) is 0 Å². The van der Waals surface area contributed by atoms with Crippen molar-refractivity contribution in [1.82, 2.24) is 0 Å². The predicted molar refractivity (Wildman–Crippen MR) is 266 cm³/mol. The van der Waals surface area contributed by atoms with Crippen LogP contribution in [-0.2, 0) is 80.6 Å². The highest BCUT2D eigenvalue weighted by molar-refractivity contribution is 7.86. The first-order valence-electron chi connectivity index (χ1n) is 27.6. The molecule has 21 saturated heterocycles. The third-order valence-corrected chi connectivity index (χ3v) is 17.6. The van der Waals surface area contributed by atoms with Crippen molar-refractivity contribution in [3.05, 3.63) is 29.8 Å². The number of benzene rings is 1. The zero-order valence-corrected chi connectivity index (χ0v) is 46.6. The Kier molecular flexibility index (Phi) is 23.0. The Hall–Kier alpha value is -2.23. The van der Waals surface area contributed by atoms with Crippen LogP contribution in [-0.4, -0.2) is 372 Å². The highest BCUT2D eigenvalue weighted by Gasteiger charge is 2.60. The molecule has 0 aliphatic carbocycles. The Balaban J connectivity index is 1.02. The smallest absolute Gasteiger partial charge is 0.297 e. The zero-order chi connectivity index (χ0) is 63.2. The molecule has 14 bridgehead atoms. The number of ether oxygens (including phenoxy) is 14. The molecular formula is C49H76O37S. The summed E-state index contributed by atoms with van der Waals surface area (Å²) in [6.45, 7) is -6.01. The second-order valence-corrected chi connectivity index (χ2v) is 23.6. The summed E-state index contributed by atoms with van der Waals surface area (Å²) in [4.78, 5) is -0.376. The first-order chi connectivity index (χ1) is 41.3. The lowest BCUT2D eigenvalue weighted by Crippen LogP contribution is -2.68. The average Bonchev–Trinajstić information content (AvgIpc) is 1.18. The monoisotopic (exact) mass is 1290 g/mol. The van der Waals surface area contributed by atoms with Gasteiger partial charge in [0.2, 0.25) is 0 Å². The van der Waals surface area contributed by atoms with Gasteiger partial charge in [-0.15, -0.1) is 0 Å². The number of aliphatic hydroxyl groups excluding tert-OH is 20. The maximum Gasteiger partial charge on any atom is 0.297 e. The summed E-state index contributed by atoms with van der Waals surface area (Å²) < 4.78 is 113. The van der Waals surface area contributed by atoms with Crippen molar-refractivity contribution < 1.29 is 181 Å². The number of hydrogen-bond donors (Lipinski definition) is 20. The van der Waals surface area contributed by atoms with Gasteiger partial charge in [-0.2, -0.15) is 8.42 Å². The van der Waals surface area contributed by atoms with Gasteiger partial charge in [-0.1, -0.05) is 17.7 Å². The molecule has 21 fully saturated rings. The lowest BCUT2D eigenvalue weighted by Gasteiger charge is -2.50. The van der Waals surface area contributed by atoms with Crippen molar-refractivity contribution in [3.63, 3.8) is 0 Å². The summed E-state index contributed by atoms with van der Waals surface area (Å²) in [7, 11) is -4.72. The van der Waals surface area contributed by atoms with Gasteiger partial charge in [0.25, 0.3) is 10.1 Å². The quantitative estimate of drug-likeness (QED) is 0.0967. The van der Waals surface area contributed by atoms with Gasteiger partial charge in [0.05, 0.1) is 51.1 Å². The summed E-state index contributed by atoms with van der Waals surface area (Å²) >= 11 is 0. The molecule has 0 radical (unpaired) electrons. The molecule has 500 valence electrons. The van der Waals surface area contributed by atoms with Gasteiger partial charge >= 0.3 is 0 Å². The normalized spacial score (nSPS) is 50.5. The van der Waals surface area contributed by atoms with Crippen molar-refractivity contribution in [3.8, 4) is 0 Å². The molecule has 35 atom stereocenters. The Morgan fingerprint density at radius 3 is 0.678 bits per heavy atom. The second kappa shape index (κ2) is 29.0. The van der Waals surface area contributed by atoms with E-state index in [0.717, 1.165) is 0 Å². The molecule has 0 aromatic heterocycles. The fourth-order valence-corrected chi connectivity index (χ4v) is 12.3. The van der Waals surface area contributed by atoms with E-state index in [1.165, 1.54) is 24.3 Å². The molecule has 21 aliphatic heterocycles. The number of aliphatic hydroxyl groups is 20. The van der Waals surface area contributed by atoms with Gasteiger partial charge in [-0.25, -0.2) is 0 Å². The van der Waals surface area contributed by atoms with E-state index in [4.69, 9.17) is 70.5 Å². The molecule has 87 heavy (non-hydrogen) atoms. The van der Waals surface area contributed by atoms with Crippen LogP contribution in [0.4, 0.5) is 0 Å². The SMILES string of the molecule is Cc1ccc(S(=O)(=O)OC[C@H]2O[C@@H]3O[C@H]4[C@H](O)[C@@H](O)[C@@H](O[C@H]5[C@H](O)[C@@H](O)[C@@H](O[C@H]6[C@H](O)[C@@H](O)[C@@H](O[C@H]7[C@@H](O)[C@H](O)[C@@H](O[C@H]8[C@@H](O)[C@H](O)[C@@H](O[C@H]9[C@@H](O)[C@@H](O)[C@@H](O[C@H]2[C@H](O)[C@H]3O)O[C@@H]9CO)O[C@@H]8CO)O[C@@H]7CO)O[C@@H]6CO)O[C@@H]5CO)O[C@@H]4CO)cc1. The second-order valence-electron chi connectivity index (χ2n) is 22.0. The molecule has 0 unspecified atom stereocenters. The first-order valence-corrected chi connectivity index (χ1v) is 29.0. The van der Waals surface area contributed by atoms with Crippen LogP contribution >= 0.6 is 0 Å². The van der Waals surface area contributed by atoms with Gasteiger partial charge in [-0.3, -0.25) is 4.18 Å². The van der Waals surface area contributed by atoms with E-state index in [-0.39, 0.29) is 4.90 Å². The van der Waals surface area contributed by atoms with Crippen LogP contribution in [0.25, 0.3) is 0 Å². The molecule has 37 nitrogen and oxygen atoms in total. The van der Waals surface area contributed by atoms with Crippen LogP contribution in [0.15, 0.2) is 29.2 Å². The Morgan fingerprint density at radius 1 is 0.299 bits per heavy atom. The molecule has 38 heteroatoms. The zero-order valence-electron chi connectivity index (χ0n) is 45.8. The summed E-state index contributed by atoms with van der Waals surface area (Å²) in [6.07, 6.45) is -72.9. The molecule has 0 saturated carbocycles. The van der Waals surface area contributed by atoms with Crippen LogP contribution in [0.1, 0.15) is 5.56 Å². The van der Waals surface area contributed by atoms with Crippen molar-refractivity contribution in [2.75, 3.05) is 46.2 Å². The van der Waals surface area contributed by atoms with Crippen molar-refractivity contribution in [2.45, 2.75) is 227 Å². The molecule has 0 amide bonds. The standard InChI is InChI=1S/C49H76O37S/c1-13-2-4-14(5-3-13)87(70,71)72-12-21-42-28(62)35(69)49(79-21)85-41-20(11-55)77-47(33(67)26(41)60)83-39-18(9-53)75-45(31(65)24(39)58)81-37-16(7-51)73-43(29(63)22(37)56)80-36-15(6-50)74-44(30(64)23(36)57)82-38-17(8-52)76-46(32(66)25(38)59)84-40-19(10-54)78-48(86-42)34(68)27(40)61/h2-5,15-69H,6-12H2,1H3/t15-,16-,17-,18-,19-,20-,21-,22-,23+,24-,25+,26-,27+,28-,29-,30+,31-,32+,33-,34-,35-,36-,37-,38-,39-,40-,41-,42-,43-,44-,45-,46-,47-,48-,49-/m1/s1. The Bertz CT molecular complexity index is 2420. The highest BCUT2D eigenvalue weighted by atomic mass is 32.2. The van der Waals surface area contributed by atoms with Crippen LogP contribution in [0, 0.1) is 6.92 Å². The predicted octanol–water partition coefficient (Wildman–Crippen LogP) is -13.5. The topological polar surface area (TPSA) is 577 Å². The number of aryl methyl sites for hydroxylation is 1. The van der Waals surface area contributed by atoms with Crippen LogP contribution < -0.4 is 0 Å². The lowest BCUT2D eigenvalue weighted by molar-refractivity contribution is -0.396. The van der Waals surface area contributed by atoms with E-state index in [9.17, 15) is 111 Å². The highest BCUT2D eigenvalue weighted by Crippen LogP contribution is 2.39. The molecule has 22 rings (SSSR count). The van der Waals surface area contributed by atoms with Gasteiger partial charge in [-0.05, 0) is 19.1 Å². The Morgan fingerprint density at radius 2 is 0.483 bits per heavy atom. The molecule has 21 heterocycles. The van der Waals surface area contributed by atoms with Gasteiger partial charge in [0.15, 0.2) is 44.0 Å². The molecular weight excluding hydrogens is 1210 g/mol. The fraction of sp³-hybridized carbons (Fsp3) is 0.878. The molecule has 1 aromatic rings. The number of hydrogen-bond acceptors (Lipinski definition) is 37. The molecule has 20 N–H and O–H groups in total. The summed E-state index contributed by atoms with van der Waals surface area (Å²) in [6, 6.07) is 5.26.